The van der Waals surface area contributed by atoms with Crippen molar-refractivity contribution in [3.63, 3.8) is 0 Å². The molecule has 0 unspecified atom stereocenters. The first-order valence-corrected chi connectivity index (χ1v) is 22.4. The fourth-order valence-corrected chi connectivity index (χ4v) is 9.10. The number of rotatable bonds is 21. The molecule has 2 saturated carbocycles. The fraction of sp³-hybridized carbons (Fsp3) is 0.532. The summed E-state index contributed by atoms with van der Waals surface area (Å²) in [6.07, 6.45) is 15.9. The van der Waals surface area contributed by atoms with Crippen molar-refractivity contribution in [1.82, 2.24) is 4.98 Å². The van der Waals surface area contributed by atoms with Gasteiger partial charge < -0.3 is 24.1 Å². The minimum absolute atomic E-state index is 0.0250. The van der Waals surface area contributed by atoms with Crippen LogP contribution in [0.25, 0.3) is 10.2 Å². The highest BCUT2D eigenvalue weighted by atomic mass is 32.1. The van der Waals surface area contributed by atoms with Gasteiger partial charge in [0.25, 0.3) is 0 Å². The van der Waals surface area contributed by atoms with Crippen molar-refractivity contribution in [2.75, 3.05) is 38.0 Å². The number of carbonyl (C=O) groups is 2. The average Bonchev–Trinajstić information content (AvgIpc) is 3.69. The molecule has 3 aromatic carbocycles. The quantitative estimate of drug-likeness (QED) is 0.0288. The molecular formula is C47H61N3O7S. The minimum Gasteiger partial charge on any atom is -0.491 e. The molecule has 6 rings (SSSR count). The van der Waals surface area contributed by atoms with E-state index in [1.807, 2.05) is 35.5 Å². The van der Waals surface area contributed by atoms with Crippen LogP contribution in [0, 0.1) is 17.8 Å². The number of aliphatic hydroxyl groups is 1. The van der Waals surface area contributed by atoms with Crippen molar-refractivity contribution in [2.45, 2.75) is 110 Å². The molecule has 4 aromatic rings. The number of hydrogen-bond donors (Lipinski definition) is 1. The highest BCUT2D eigenvalue weighted by molar-refractivity contribution is 7.22. The highest BCUT2D eigenvalue weighted by Crippen LogP contribution is 2.39. The zero-order chi connectivity index (χ0) is 40.5. The third kappa shape index (κ3) is 12.6. The summed E-state index contributed by atoms with van der Waals surface area (Å²) in [5.74, 6) is 1.74. The van der Waals surface area contributed by atoms with E-state index in [2.05, 4.69) is 32.0 Å². The molecule has 0 aliphatic heterocycles. The van der Waals surface area contributed by atoms with E-state index in [-0.39, 0.29) is 37.0 Å². The van der Waals surface area contributed by atoms with Crippen molar-refractivity contribution in [1.29, 1.82) is 0 Å². The molecule has 58 heavy (non-hydrogen) atoms. The summed E-state index contributed by atoms with van der Waals surface area (Å²) in [5.41, 5.74) is 3.04. The Hall–Kier alpha value is -4.32. The molecule has 0 saturated heterocycles. The normalized spacial score (nSPS) is 19.6. The zero-order valence-electron chi connectivity index (χ0n) is 34.3. The fourth-order valence-electron chi connectivity index (χ4n) is 8.15. The number of anilines is 1. The number of fused-ring (bicyclic) bond motifs is 1. The first kappa shape index (κ1) is 43.3. The van der Waals surface area contributed by atoms with Crippen molar-refractivity contribution in [2.24, 2.45) is 22.9 Å². The van der Waals surface area contributed by atoms with E-state index < -0.39 is 0 Å². The van der Waals surface area contributed by atoms with E-state index in [0.29, 0.717) is 62.1 Å². The van der Waals surface area contributed by atoms with E-state index in [9.17, 15) is 9.59 Å². The van der Waals surface area contributed by atoms with Gasteiger partial charge in [-0.2, -0.15) is 5.10 Å². The number of hydrazone groups is 1. The van der Waals surface area contributed by atoms with Crippen molar-refractivity contribution in [3.8, 4) is 17.2 Å². The Bertz CT molecular complexity index is 1860. The van der Waals surface area contributed by atoms with E-state index in [1.165, 1.54) is 50.5 Å². The van der Waals surface area contributed by atoms with Crippen LogP contribution in [-0.4, -0.2) is 61.2 Å². The zero-order valence-corrected chi connectivity index (χ0v) is 35.1. The van der Waals surface area contributed by atoms with Crippen LogP contribution >= 0.6 is 11.3 Å². The second-order valence-electron chi connectivity index (χ2n) is 15.7. The maximum absolute atomic E-state index is 13.8. The Morgan fingerprint density at radius 2 is 1.53 bits per heavy atom. The second-order valence-corrected chi connectivity index (χ2v) is 16.8. The lowest BCUT2D eigenvalue weighted by Crippen LogP contribution is -2.30. The van der Waals surface area contributed by atoms with Gasteiger partial charge in [-0.05, 0) is 124 Å². The van der Waals surface area contributed by atoms with E-state index in [0.717, 1.165) is 52.6 Å². The van der Waals surface area contributed by atoms with Crippen LogP contribution in [0.1, 0.15) is 121 Å². The molecule has 2 aliphatic rings. The van der Waals surface area contributed by atoms with E-state index in [4.69, 9.17) is 34.1 Å². The van der Waals surface area contributed by atoms with E-state index in [1.54, 1.807) is 35.6 Å². The number of para-hydroxylation sites is 1. The number of carbonyl (C=O) groups excluding carboxylic acids is 2. The third-order valence-corrected chi connectivity index (χ3v) is 12.5. The Kier molecular flexibility index (Phi) is 17.0. The summed E-state index contributed by atoms with van der Waals surface area (Å²) >= 11 is 1.64. The standard InChI is InChI=1S/C47H61N3O7S/c1-3-5-6-9-27-50(47-49-42-11-7-8-12-44(42)58-47)48-33-39-32-38(35-15-13-34(10-4-2)14-16-35)21-26-43(39)57-46(53)37-19-17-36(18-20-37)45(52)56-41-24-22-40(23-25-41)55-31-30-54-29-28-51/h7-8,11-12,21-26,32-37,51H,3-6,9-10,13-20,27-31H2,1-2H3/b48-33+. The van der Waals surface area contributed by atoms with Crippen molar-refractivity contribution >= 4 is 44.8 Å². The van der Waals surface area contributed by atoms with Crippen molar-refractivity contribution in [3.05, 3.63) is 77.9 Å². The van der Waals surface area contributed by atoms with Crippen LogP contribution in [-0.2, 0) is 14.3 Å². The molecule has 2 aliphatic carbocycles. The highest BCUT2D eigenvalue weighted by Gasteiger charge is 2.33. The van der Waals surface area contributed by atoms with Gasteiger partial charge >= 0.3 is 11.9 Å². The van der Waals surface area contributed by atoms with Crippen LogP contribution in [0.4, 0.5) is 5.13 Å². The summed E-state index contributed by atoms with van der Waals surface area (Å²) in [5, 5.41) is 16.7. The van der Waals surface area contributed by atoms with E-state index >= 15 is 0 Å². The Balaban J connectivity index is 1.11. The first-order valence-electron chi connectivity index (χ1n) is 21.6. The monoisotopic (exact) mass is 811 g/mol. The van der Waals surface area contributed by atoms with Crippen LogP contribution in [0.3, 0.4) is 0 Å². The van der Waals surface area contributed by atoms with Crippen LogP contribution < -0.4 is 19.2 Å². The lowest BCUT2D eigenvalue weighted by molar-refractivity contribution is -0.145. The summed E-state index contributed by atoms with van der Waals surface area (Å²) < 4.78 is 23.9. The molecule has 0 bridgehead atoms. The molecule has 0 radical (unpaired) electrons. The van der Waals surface area contributed by atoms with Gasteiger partial charge in [-0.25, -0.2) is 9.99 Å². The molecule has 312 valence electrons. The number of nitrogens with zero attached hydrogens (tertiary/aromatic N) is 3. The van der Waals surface area contributed by atoms with Crippen LogP contribution in [0.2, 0.25) is 0 Å². The largest absolute Gasteiger partial charge is 0.491 e. The van der Waals surface area contributed by atoms with Gasteiger partial charge in [-0.1, -0.05) is 75.5 Å². The maximum Gasteiger partial charge on any atom is 0.314 e. The number of esters is 2. The van der Waals surface area contributed by atoms with Gasteiger partial charge in [0.2, 0.25) is 5.13 Å². The predicted octanol–water partition coefficient (Wildman–Crippen LogP) is 10.5. The number of thiazole rings is 1. The number of hydrogen-bond acceptors (Lipinski definition) is 11. The minimum atomic E-state index is -0.307. The molecule has 10 nitrogen and oxygen atoms in total. The number of aromatic nitrogens is 1. The summed E-state index contributed by atoms with van der Waals surface area (Å²) in [6.45, 7) is 6.22. The summed E-state index contributed by atoms with van der Waals surface area (Å²) in [4.78, 5) is 31.8. The van der Waals surface area contributed by atoms with Gasteiger partial charge in [0.05, 0.1) is 48.1 Å². The van der Waals surface area contributed by atoms with Gasteiger partial charge in [0.15, 0.2) is 0 Å². The molecule has 0 atom stereocenters. The van der Waals surface area contributed by atoms with Gasteiger partial charge in [0.1, 0.15) is 23.9 Å². The SMILES string of the molecule is CCCCCCN(/N=C/c1cc(C2CCC(CCC)CC2)ccc1OC(=O)C1CCC(C(=O)Oc2ccc(OCCOCCO)cc2)CC1)c1nc2ccccc2s1. The summed E-state index contributed by atoms with van der Waals surface area (Å²) in [7, 11) is 0. The Labute approximate surface area is 347 Å². The molecule has 1 heterocycles. The maximum atomic E-state index is 13.8. The van der Waals surface area contributed by atoms with Crippen LogP contribution in [0.15, 0.2) is 71.8 Å². The molecule has 0 amide bonds. The average molecular weight is 812 g/mol. The molecular weight excluding hydrogens is 751 g/mol. The molecule has 11 heteroatoms. The molecule has 1 N–H and O–H groups in total. The first-order chi connectivity index (χ1) is 28.4. The predicted molar refractivity (Wildman–Crippen MR) is 231 cm³/mol. The summed E-state index contributed by atoms with van der Waals surface area (Å²) in [6, 6.07) is 21.4. The van der Waals surface area contributed by atoms with Gasteiger partial charge in [-0.3, -0.25) is 9.59 Å². The third-order valence-electron chi connectivity index (χ3n) is 11.5. The van der Waals surface area contributed by atoms with Gasteiger partial charge in [0, 0.05) is 12.1 Å². The van der Waals surface area contributed by atoms with Gasteiger partial charge in [-0.15, -0.1) is 0 Å². The molecule has 2 fully saturated rings. The topological polar surface area (TPSA) is 120 Å². The lowest BCUT2D eigenvalue weighted by atomic mass is 9.77. The smallest absolute Gasteiger partial charge is 0.314 e. The van der Waals surface area contributed by atoms with Crippen molar-refractivity contribution < 1.29 is 33.6 Å². The lowest BCUT2D eigenvalue weighted by Gasteiger charge is -2.29. The molecule has 0 spiro atoms. The number of ether oxygens (including phenoxy) is 4. The Morgan fingerprint density at radius 1 is 0.810 bits per heavy atom. The molecule has 1 aromatic heterocycles. The Morgan fingerprint density at radius 3 is 2.24 bits per heavy atom. The second kappa shape index (κ2) is 22.7. The van der Waals surface area contributed by atoms with Crippen LogP contribution in [0.5, 0.6) is 17.2 Å². The number of benzene rings is 3. The number of aliphatic hydroxyl groups excluding tert-OH is 1. The number of unbranched alkanes of at least 4 members (excludes halogenated alkanes) is 3.